The number of nitrogens with zero attached hydrogens (tertiary/aromatic N) is 4. The first kappa shape index (κ1) is 13.7. The molecule has 0 bridgehead atoms. The third-order valence-electron chi connectivity index (χ3n) is 2.87. The van der Waals surface area contributed by atoms with Crippen LogP contribution in [-0.4, -0.2) is 19.7 Å². The number of hydrogen-bond donors (Lipinski definition) is 1. The molecule has 0 atom stereocenters. The number of aryl methyl sites for hydroxylation is 2. The lowest BCUT2D eigenvalue weighted by Crippen LogP contribution is -2.18. The second kappa shape index (κ2) is 5.97. The van der Waals surface area contributed by atoms with Crippen LogP contribution in [0.3, 0.4) is 0 Å². The average Bonchev–Trinajstić information content (AvgIpc) is 2.87. The maximum absolute atomic E-state index is 5.51. The molecule has 2 aromatic heterocycles. The van der Waals surface area contributed by atoms with E-state index in [9.17, 15) is 0 Å². The van der Waals surface area contributed by atoms with Crippen molar-refractivity contribution >= 4 is 0 Å². The smallest absolute Gasteiger partial charge is 0.208 e. The van der Waals surface area contributed by atoms with Crippen LogP contribution in [0.15, 0.2) is 10.7 Å². The van der Waals surface area contributed by atoms with E-state index in [0.717, 1.165) is 23.8 Å². The standard InChI is InChI=1S/C13H21N5O/c1-9(2)7-18-12(15-8-16-18)5-14-6-13-17-10(3)11(4)19-13/h8-9,14H,5-7H2,1-4H3. The fraction of sp³-hybridized carbons (Fsp3) is 0.615. The van der Waals surface area contributed by atoms with Gasteiger partial charge in [0, 0.05) is 6.54 Å². The summed E-state index contributed by atoms with van der Waals surface area (Å²) in [4.78, 5) is 8.59. The molecule has 0 amide bonds. The van der Waals surface area contributed by atoms with Crippen LogP contribution in [0.1, 0.15) is 37.0 Å². The Labute approximate surface area is 113 Å². The summed E-state index contributed by atoms with van der Waals surface area (Å²) in [6, 6.07) is 0. The highest BCUT2D eigenvalue weighted by atomic mass is 16.4. The van der Waals surface area contributed by atoms with Crippen LogP contribution < -0.4 is 5.32 Å². The summed E-state index contributed by atoms with van der Waals surface area (Å²) in [5, 5.41) is 7.51. The third kappa shape index (κ3) is 3.64. The van der Waals surface area contributed by atoms with Gasteiger partial charge in [-0.1, -0.05) is 13.8 Å². The molecule has 0 saturated carbocycles. The molecule has 0 aliphatic carbocycles. The lowest BCUT2D eigenvalue weighted by atomic mass is 10.2. The molecule has 2 heterocycles. The maximum atomic E-state index is 5.51. The van der Waals surface area contributed by atoms with Gasteiger partial charge in [-0.25, -0.2) is 14.6 Å². The Morgan fingerprint density at radius 2 is 2.11 bits per heavy atom. The third-order valence-corrected chi connectivity index (χ3v) is 2.87. The van der Waals surface area contributed by atoms with E-state index in [-0.39, 0.29) is 0 Å². The molecule has 0 unspecified atom stereocenters. The number of nitrogens with one attached hydrogen (secondary N) is 1. The fourth-order valence-corrected chi connectivity index (χ4v) is 1.82. The van der Waals surface area contributed by atoms with E-state index in [2.05, 4.69) is 34.2 Å². The minimum absolute atomic E-state index is 0.553. The van der Waals surface area contributed by atoms with Crippen molar-refractivity contribution in [2.45, 2.75) is 47.3 Å². The zero-order valence-electron chi connectivity index (χ0n) is 12.0. The highest BCUT2D eigenvalue weighted by molar-refractivity contribution is 5.05. The molecule has 2 aromatic rings. The van der Waals surface area contributed by atoms with Gasteiger partial charge in [0.15, 0.2) is 0 Å². The lowest BCUT2D eigenvalue weighted by molar-refractivity contribution is 0.431. The Morgan fingerprint density at radius 3 is 2.74 bits per heavy atom. The minimum atomic E-state index is 0.553. The van der Waals surface area contributed by atoms with Gasteiger partial charge in [0.1, 0.15) is 17.9 Å². The largest absolute Gasteiger partial charge is 0.444 e. The Kier molecular flexibility index (Phi) is 4.31. The van der Waals surface area contributed by atoms with E-state index in [1.54, 1.807) is 6.33 Å². The predicted molar refractivity (Wildman–Crippen MR) is 71.4 cm³/mol. The molecule has 0 radical (unpaired) electrons. The molecule has 0 spiro atoms. The van der Waals surface area contributed by atoms with Crippen molar-refractivity contribution in [3.05, 3.63) is 29.5 Å². The van der Waals surface area contributed by atoms with E-state index in [4.69, 9.17) is 4.42 Å². The van der Waals surface area contributed by atoms with Crippen LogP contribution in [0, 0.1) is 19.8 Å². The van der Waals surface area contributed by atoms with Gasteiger partial charge in [-0.15, -0.1) is 0 Å². The van der Waals surface area contributed by atoms with Gasteiger partial charge in [0.25, 0.3) is 0 Å². The summed E-state index contributed by atoms with van der Waals surface area (Å²) in [5.74, 6) is 3.08. The molecule has 0 saturated heterocycles. The van der Waals surface area contributed by atoms with Gasteiger partial charge in [0.2, 0.25) is 5.89 Å². The van der Waals surface area contributed by atoms with Crippen molar-refractivity contribution in [1.82, 2.24) is 25.1 Å². The van der Waals surface area contributed by atoms with Crippen molar-refractivity contribution in [2.75, 3.05) is 0 Å². The monoisotopic (exact) mass is 263 g/mol. The lowest BCUT2D eigenvalue weighted by Gasteiger charge is -2.08. The molecule has 1 N–H and O–H groups in total. The molecule has 6 heteroatoms. The molecule has 2 rings (SSSR count). The summed E-state index contributed by atoms with van der Waals surface area (Å²) in [6.45, 7) is 10.3. The van der Waals surface area contributed by atoms with Gasteiger partial charge in [-0.3, -0.25) is 0 Å². The molecular formula is C13H21N5O. The van der Waals surface area contributed by atoms with Gasteiger partial charge >= 0.3 is 0 Å². The molecule has 0 aliphatic rings. The van der Waals surface area contributed by atoms with Crippen molar-refractivity contribution in [2.24, 2.45) is 5.92 Å². The second-order valence-corrected chi connectivity index (χ2v) is 5.10. The van der Waals surface area contributed by atoms with Crippen LogP contribution in [0.25, 0.3) is 0 Å². The second-order valence-electron chi connectivity index (χ2n) is 5.10. The van der Waals surface area contributed by atoms with Crippen LogP contribution in [0.2, 0.25) is 0 Å². The minimum Gasteiger partial charge on any atom is -0.444 e. The predicted octanol–water partition coefficient (Wildman–Crippen LogP) is 1.83. The summed E-state index contributed by atoms with van der Waals surface area (Å²) < 4.78 is 7.45. The molecule has 0 aliphatic heterocycles. The number of aromatic nitrogens is 4. The Morgan fingerprint density at radius 1 is 1.32 bits per heavy atom. The first-order chi connectivity index (χ1) is 9.06. The zero-order valence-corrected chi connectivity index (χ0v) is 12.0. The van der Waals surface area contributed by atoms with Crippen molar-refractivity contribution in [3.63, 3.8) is 0 Å². The number of rotatable bonds is 6. The van der Waals surface area contributed by atoms with Crippen molar-refractivity contribution in [1.29, 1.82) is 0 Å². The molecule has 0 fully saturated rings. The van der Waals surface area contributed by atoms with Crippen LogP contribution in [-0.2, 0) is 19.6 Å². The highest BCUT2D eigenvalue weighted by Crippen LogP contribution is 2.08. The Balaban J connectivity index is 1.87. The SMILES string of the molecule is Cc1nc(CNCc2ncnn2CC(C)C)oc1C. The van der Waals surface area contributed by atoms with E-state index >= 15 is 0 Å². The summed E-state index contributed by atoms with van der Waals surface area (Å²) in [5.41, 5.74) is 0.944. The van der Waals surface area contributed by atoms with Gasteiger partial charge in [-0.05, 0) is 19.8 Å². The Bertz CT molecular complexity index is 509. The van der Waals surface area contributed by atoms with E-state index in [0.29, 0.717) is 24.9 Å². The first-order valence-electron chi connectivity index (χ1n) is 6.56. The molecule has 6 nitrogen and oxygen atoms in total. The molecule has 0 aromatic carbocycles. The first-order valence-corrected chi connectivity index (χ1v) is 6.56. The van der Waals surface area contributed by atoms with Gasteiger partial charge in [-0.2, -0.15) is 5.10 Å². The van der Waals surface area contributed by atoms with Crippen molar-refractivity contribution < 1.29 is 4.42 Å². The van der Waals surface area contributed by atoms with Gasteiger partial charge < -0.3 is 9.73 Å². The number of oxazole rings is 1. The van der Waals surface area contributed by atoms with Crippen LogP contribution in [0.4, 0.5) is 0 Å². The summed E-state index contributed by atoms with van der Waals surface area (Å²) >= 11 is 0. The number of hydrogen-bond acceptors (Lipinski definition) is 5. The Hall–Kier alpha value is -1.69. The van der Waals surface area contributed by atoms with E-state index in [1.165, 1.54) is 0 Å². The maximum Gasteiger partial charge on any atom is 0.208 e. The zero-order chi connectivity index (χ0) is 13.8. The summed E-state index contributed by atoms with van der Waals surface area (Å²) in [7, 11) is 0. The average molecular weight is 263 g/mol. The van der Waals surface area contributed by atoms with Crippen LogP contribution in [0.5, 0.6) is 0 Å². The van der Waals surface area contributed by atoms with E-state index < -0.39 is 0 Å². The van der Waals surface area contributed by atoms with Gasteiger partial charge in [0.05, 0.1) is 18.8 Å². The van der Waals surface area contributed by atoms with Crippen molar-refractivity contribution in [3.8, 4) is 0 Å². The highest BCUT2D eigenvalue weighted by Gasteiger charge is 2.08. The fourth-order valence-electron chi connectivity index (χ4n) is 1.82. The van der Waals surface area contributed by atoms with E-state index in [1.807, 2.05) is 18.5 Å². The quantitative estimate of drug-likeness (QED) is 0.861. The molecule has 19 heavy (non-hydrogen) atoms. The van der Waals surface area contributed by atoms with Crippen LogP contribution >= 0.6 is 0 Å². The molecular weight excluding hydrogens is 242 g/mol. The normalized spacial score (nSPS) is 11.4. The summed E-state index contributed by atoms with van der Waals surface area (Å²) in [6.07, 6.45) is 1.60. The molecule has 104 valence electrons. The topological polar surface area (TPSA) is 68.8 Å².